The van der Waals surface area contributed by atoms with Crippen LogP contribution in [0.3, 0.4) is 0 Å². The van der Waals surface area contributed by atoms with Gasteiger partial charge in [0.25, 0.3) is 5.91 Å². The average Bonchev–Trinajstić information content (AvgIpc) is 3.15. The molecule has 0 radical (unpaired) electrons. The maximum atomic E-state index is 12.9. The molecule has 0 bridgehead atoms. The number of hydrogen-bond donors (Lipinski definition) is 2. The first kappa shape index (κ1) is 19.7. The molecule has 3 heterocycles. The van der Waals surface area contributed by atoms with Crippen LogP contribution in [0.4, 0.5) is 0 Å². The number of aromatic nitrogens is 4. The molecule has 0 saturated carbocycles. The number of carbonyl (C=O) groups is 1. The minimum atomic E-state index is -1.16. The van der Waals surface area contributed by atoms with Crippen LogP contribution in [0.2, 0.25) is 5.02 Å². The molecular formula is C21H22ClN5O2. The van der Waals surface area contributed by atoms with Crippen molar-refractivity contribution in [1.82, 2.24) is 25.1 Å². The number of hydrogen-bond acceptors (Lipinski definition) is 6. The van der Waals surface area contributed by atoms with Crippen LogP contribution in [0.15, 0.2) is 42.9 Å². The fourth-order valence-corrected chi connectivity index (χ4v) is 3.88. The van der Waals surface area contributed by atoms with Crippen LogP contribution in [-0.2, 0) is 0 Å². The minimum Gasteiger partial charge on any atom is -0.383 e. The lowest BCUT2D eigenvalue weighted by Crippen LogP contribution is -2.31. The van der Waals surface area contributed by atoms with Crippen molar-refractivity contribution < 1.29 is 9.90 Å². The first-order chi connectivity index (χ1) is 14.1. The predicted molar refractivity (Wildman–Crippen MR) is 111 cm³/mol. The number of rotatable bonds is 4. The van der Waals surface area contributed by atoms with Gasteiger partial charge in [-0.05, 0) is 51.1 Å². The molecular weight excluding hydrogens is 390 g/mol. The van der Waals surface area contributed by atoms with E-state index >= 15 is 0 Å². The Morgan fingerprint density at radius 1 is 1.24 bits per heavy atom. The van der Waals surface area contributed by atoms with Crippen LogP contribution in [-0.4, -0.2) is 50.0 Å². The van der Waals surface area contributed by atoms with Gasteiger partial charge in [-0.1, -0.05) is 23.7 Å². The summed E-state index contributed by atoms with van der Waals surface area (Å²) in [6.45, 7) is 3.18. The molecule has 4 rings (SSSR count). The summed E-state index contributed by atoms with van der Waals surface area (Å²) in [4.78, 5) is 21.3. The average molecular weight is 412 g/mol. The summed E-state index contributed by atoms with van der Waals surface area (Å²) in [5.41, 5.74) is 3.76. The fourth-order valence-electron chi connectivity index (χ4n) is 3.75. The predicted octanol–water partition coefficient (Wildman–Crippen LogP) is 3.15. The number of carbonyl (C=O) groups excluding carboxylic acids is 1. The Balaban J connectivity index is 1.99. The van der Waals surface area contributed by atoms with E-state index in [4.69, 9.17) is 11.6 Å². The molecule has 1 aromatic carbocycles. The summed E-state index contributed by atoms with van der Waals surface area (Å²) in [7, 11) is 0. The number of halogens is 1. The molecule has 3 aromatic rings. The van der Waals surface area contributed by atoms with Gasteiger partial charge in [0.1, 0.15) is 18.1 Å². The van der Waals surface area contributed by atoms with Gasteiger partial charge >= 0.3 is 0 Å². The minimum absolute atomic E-state index is 0.123. The second-order valence-electron chi connectivity index (χ2n) is 7.16. The van der Waals surface area contributed by atoms with Crippen molar-refractivity contribution in [2.45, 2.75) is 31.8 Å². The maximum absolute atomic E-state index is 12.9. The lowest BCUT2D eigenvalue weighted by Gasteiger charge is -2.24. The number of nitrogens with one attached hydrogen (secondary N) is 1. The molecule has 1 saturated heterocycles. The molecule has 2 N–H and O–H groups in total. The molecule has 1 fully saturated rings. The van der Waals surface area contributed by atoms with E-state index in [0.717, 1.165) is 42.8 Å². The van der Waals surface area contributed by atoms with E-state index in [1.807, 2.05) is 18.2 Å². The van der Waals surface area contributed by atoms with Gasteiger partial charge in [0, 0.05) is 22.7 Å². The van der Waals surface area contributed by atoms with Crippen LogP contribution in [0, 0.1) is 0 Å². The van der Waals surface area contributed by atoms with E-state index < -0.39 is 12.0 Å². The van der Waals surface area contributed by atoms with Crippen LogP contribution < -0.4 is 5.32 Å². The quantitative estimate of drug-likeness (QED) is 0.685. The number of nitrogens with zero attached hydrogens (tertiary/aromatic N) is 4. The van der Waals surface area contributed by atoms with E-state index in [2.05, 4.69) is 20.4 Å². The largest absolute Gasteiger partial charge is 0.383 e. The van der Waals surface area contributed by atoms with E-state index in [0.29, 0.717) is 16.4 Å². The zero-order valence-corrected chi connectivity index (χ0v) is 16.8. The summed E-state index contributed by atoms with van der Waals surface area (Å²) >= 11 is 6.07. The van der Waals surface area contributed by atoms with Crippen molar-refractivity contribution in [3.63, 3.8) is 0 Å². The molecule has 2 aromatic heterocycles. The van der Waals surface area contributed by atoms with E-state index in [-0.39, 0.29) is 5.92 Å². The Kier molecular flexibility index (Phi) is 5.71. The molecule has 1 aliphatic heterocycles. The maximum Gasteiger partial charge on any atom is 0.275 e. The molecule has 29 heavy (non-hydrogen) atoms. The second-order valence-corrected chi connectivity index (χ2v) is 7.60. The zero-order chi connectivity index (χ0) is 20.4. The molecule has 150 valence electrons. The van der Waals surface area contributed by atoms with E-state index in [1.165, 1.54) is 17.9 Å². The van der Waals surface area contributed by atoms with Crippen LogP contribution in [0.5, 0.6) is 0 Å². The number of piperidine rings is 1. The zero-order valence-electron chi connectivity index (χ0n) is 16.0. The van der Waals surface area contributed by atoms with Gasteiger partial charge in [-0.15, -0.1) is 0 Å². The first-order valence-electron chi connectivity index (χ1n) is 9.64. The van der Waals surface area contributed by atoms with Crippen molar-refractivity contribution in [3.05, 3.63) is 53.6 Å². The molecule has 0 aliphatic carbocycles. The fraction of sp³-hybridized carbons (Fsp3) is 0.333. The summed E-state index contributed by atoms with van der Waals surface area (Å²) in [6.07, 6.45) is 3.75. The SMILES string of the molecule is C[C@@H](O)C(=O)n1nc(-c2ccc(Cl)cc2)c(-c2ccncn2)c1C1CCNCC1. The monoisotopic (exact) mass is 411 g/mol. The van der Waals surface area contributed by atoms with Crippen LogP contribution in [0.25, 0.3) is 22.5 Å². The van der Waals surface area contributed by atoms with Crippen molar-refractivity contribution >= 4 is 17.5 Å². The third kappa shape index (κ3) is 3.94. The van der Waals surface area contributed by atoms with Gasteiger partial charge in [-0.25, -0.2) is 14.6 Å². The smallest absolute Gasteiger partial charge is 0.275 e. The molecule has 1 atom stereocenters. The molecule has 8 heteroatoms. The standard InChI is InChI=1S/C21H22ClN5O2/c1-13(28)21(29)27-20(15-6-9-23-10-7-15)18(17-8-11-24-12-25-17)19(26-27)14-2-4-16(22)5-3-14/h2-5,8,11-13,15,23,28H,6-7,9-10H2,1H3/t13-/m1/s1. The summed E-state index contributed by atoms with van der Waals surface area (Å²) < 4.78 is 1.38. The summed E-state index contributed by atoms with van der Waals surface area (Å²) in [6, 6.07) is 9.15. The van der Waals surface area contributed by atoms with E-state index in [1.54, 1.807) is 18.3 Å². The topological polar surface area (TPSA) is 92.9 Å². The third-order valence-electron chi connectivity index (χ3n) is 5.17. The first-order valence-corrected chi connectivity index (χ1v) is 10.0. The van der Waals surface area contributed by atoms with E-state index in [9.17, 15) is 9.90 Å². The molecule has 1 aliphatic rings. The number of benzene rings is 1. The Bertz CT molecular complexity index is 996. The molecule has 0 amide bonds. The highest BCUT2D eigenvalue weighted by atomic mass is 35.5. The summed E-state index contributed by atoms with van der Waals surface area (Å²) in [5.74, 6) is -0.327. The third-order valence-corrected chi connectivity index (χ3v) is 5.42. The Morgan fingerprint density at radius 2 is 1.97 bits per heavy atom. The highest BCUT2D eigenvalue weighted by Crippen LogP contribution is 2.40. The highest BCUT2D eigenvalue weighted by molar-refractivity contribution is 6.30. The van der Waals surface area contributed by atoms with Gasteiger partial charge < -0.3 is 10.4 Å². The van der Waals surface area contributed by atoms with Gasteiger partial charge in [-0.2, -0.15) is 5.10 Å². The van der Waals surface area contributed by atoms with Crippen LogP contribution in [0.1, 0.15) is 36.2 Å². The van der Waals surface area contributed by atoms with Crippen molar-refractivity contribution in [3.8, 4) is 22.5 Å². The lowest BCUT2D eigenvalue weighted by molar-refractivity contribution is 0.0663. The molecule has 0 spiro atoms. The number of aliphatic hydroxyl groups excluding tert-OH is 1. The lowest BCUT2D eigenvalue weighted by atomic mass is 9.89. The highest BCUT2D eigenvalue weighted by Gasteiger charge is 2.31. The Labute approximate surface area is 173 Å². The Hall–Kier alpha value is -2.61. The van der Waals surface area contributed by atoms with Gasteiger partial charge in [0.05, 0.1) is 17.0 Å². The van der Waals surface area contributed by atoms with Crippen LogP contribution >= 0.6 is 11.6 Å². The number of aliphatic hydroxyl groups is 1. The van der Waals surface area contributed by atoms with Gasteiger partial charge in [0.2, 0.25) is 0 Å². The van der Waals surface area contributed by atoms with Gasteiger partial charge in [0.15, 0.2) is 0 Å². The van der Waals surface area contributed by atoms with Crippen molar-refractivity contribution in [2.24, 2.45) is 0 Å². The molecule has 0 unspecified atom stereocenters. The normalized spacial score (nSPS) is 16.0. The summed E-state index contributed by atoms with van der Waals surface area (Å²) in [5, 5.41) is 18.7. The second kappa shape index (κ2) is 8.41. The van der Waals surface area contributed by atoms with Gasteiger partial charge in [-0.3, -0.25) is 4.79 Å². The molecule has 7 nitrogen and oxygen atoms in total. The van der Waals surface area contributed by atoms with Crippen molar-refractivity contribution in [2.75, 3.05) is 13.1 Å². The Morgan fingerprint density at radius 3 is 2.59 bits per heavy atom. The van der Waals surface area contributed by atoms with Crippen molar-refractivity contribution in [1.29, 1.82) is 0 Å².